The van der Waals surface area contributed by atoms with Crippen molar-refractivity contribution >= 4 is 33.3 Å². The number of halogens is 1. The van der Waals surface area contributed by atoms with Gasteiger partial charge < -0.3 is 0 Å². The van der Waals surface area contributed by atoms with Gasteiger partial charge in [-0.1, -0.05) is 18.7 Å². The summed E-state index contributed by atoms with van der Waals surface area (Å²) >= 11 is 3.26. The molecule has 1 aliphatic carbocycles. The average Bonchev–Trinajstić information content (AvgIpc) is 2.99. The molecule has 0 saturated heterocycles. The highest BCUT2D eigenvalue weighted by atomic mass is 32.2. The summed E-state index contributed by atoms with van der Waals surface area (Å²) in [5.74, 6) is 0.589. The second-order valence-corrected chi connectivity index (χ2v) is 8.40. The third kappa shape index (κ3) is 3.02. The van der Waals surface area contributed by atoms with Crippen LogP contribution in [0.25, 0.3) is 15.9 Å². The lowest BCUT2D eigenvalue weighted by Crippen LogP contribution is -2.22. The Morgan fingerprint density at radius 1 is 1.24 bits per heavy atom. The number of benzene rings is 1. The second kappa shape index (κ2) is 6.92. The molecule has 3 nitrogen and oxygen atoms in total. The predicted molar refractivity (Wildman–Crippen MR) is 103 cm³/mol. The Balaban J connectivity index is 1.98. The first kappa shape index (κ1) is 16.8. The maximum absolute atomic E-state index is 13.4. The van der Waals surface area contributed by atoms with Crippen molar-refractivity contribution in [2.24, 2.45) is 0 Å². The summed E-state index contributed by atoms with van der Waals surface area (Å²) in [6.07, 6.45) is 5.31. The van der Waals surface area contributed by atoms with Crippen LogP contribution in [0, 0.1) is 5.82 Å². The Hall–Kier alpha value is -1.66. The standard InChI is InChI=1S/C19H19FN2OS2/c1-2-11-24-19-21-17-16(14-5-3-4-6-15(14)25-17)18(23)22(19)13-9-7-12(20)8-10-13/h7-10H,2-6,11H2,1H3. The molecule has 0 fully saturated rings. The van der Waals surface area contributed by atoms with Gasteiger partial charge in [-0.25, -0.2) is 9.37 Å². The first-order chi connectivity index (χ1) is 12.2. The topological polar surface area (TPSA) is 34.9 Å². The molecule has 2 heterocycles. The van der Waals surface area contributed by atoms with Gasteiger partial charge in [0, 0.05) is 10.6 Å². The van der Waals surface area contributed by atoms with Gasteiger partial charge in [0.1, 0.15) is 10.6 Å². The van der Waals surface area contributed by atoms with Gasteiger partial charge in [0.2, 0.25) is 0 Å². The molecule has 6 heteroatoms. The van der Waals surface area contributed by atoms with E-state index in [-0.39, 0.29) is 11.4 Å². The highest BCUT2D eigenvalue weighted by Crippen LogP contribution is 2.35. The van der Waals surface area contributed by atoms with Gasteiger partial charge in [0.15, 0.2) is 5.16 Å². The van der Waals surface area contributed by atoms with Crippen molar-refractivity contribution in [1.82, 2.24) is 9.55 Å². The van der Waals surface area contributed by atoms with Gasteiger partial charge in [0.05, 0.1) is 11.1 Å². The van der Waals surface area contributed by atoms with E-state index >= 15 is 0 Å². The average molecular weight is 375 g/mol. The fraction of sp³-hybridized carbons (Fsp3) is 0.368. The van der Waals surface area contributed by atoms with E-state index in [9.17, 15) is 9.18 Å². The lowest BCUT2D eigenvalue weighted by atomic mass is 9.97. The van der Waals surface area contributed by atoms with E-state index in [1.54, 1.807) is 39.8 Å². The zero-order valence-electron chi connectivity index (χ0n) is 14.0. The zero-order chi connectivity index (χ0) is 17.4. The van der Waals surface area contributed by atoms with E-state index in [0.29, 0.717) is 10.8 Å². The molecule has 130 valence electrons. The number of aryl methyl sites for hydroxylation is 2. The number of nitrogens with zero attached hydrogens (tertiary/aromatic N) is 2. The molecule has 1 aromatic carbocycles. The Morgan fingerprint density at radius 2 is 2.00 bits per heavy atom. The molecule has 0 saturated carbocycles. The third-order valence-corrected chi connectivity index (χ3v) is 6.81. The maximum atomic E-state index is 13.4. The highest BCUT2D eigenvalue weighted by molar-refractivity contribution is 7.99. The molecular weight excluding hydrogens is 355 g/mol. The molecule has 0 N–H and O–H groups in total. The van der Waals surface area contributed by atoms with Crippen LogP contribution in [0.2, 0.25) is 0 Å². The summed E-state index contributed by atoms with van der Waals surface area (Å²) in [4.78, 5) is 20.4. The van der Waals surface area contributed by atoms with Crippen LogP contribution in [-0.2, 0) is 12.8 Å². The summed E-state index contributed by atoms with van der Waals surface area (Å²) in [6, 6.07) is 6.09. The zero-order valence-corrected chi connectivity index (χ0v) is 15.7. The van der Waals surface area contributed by atoms with Gasteiger partial charge in [0.25, 0.3) is 5.56 Å². The number of fused-ring (bicyclic) bond motifs is 3. The van der Waals surface area contributed by atoms with Crippen molar-refractivity contribution in [2.45, 2.75) is 44.2 Å². The molecular formula is C19H19FN2OS2. The SMILES string of the molecule is CCCSc1nc2sc3c(c2c(=O)n1-c1ccc(F)cc1)CCCC3. The van der Waals surface area contributed by atoms with Crippen LogP contribution >= 0.6 is 23.1 Å². The smallest absolute Gasteiger partial charge is 0.267 e. The fourth-order valence-electron chi connectivity index (χ4n) is 3.29. The molecule has 0 spiro atoms. The van der Waals surface area contributed by atoms with Crippen molar-refractivity contribution in [3.05, 3.63) is 50.9 Å². The molecule has 0 unspecified atom stereocenters. The quantitative estimate of drug-likeness (QED) is 0.478. The van der Waals surface area contributed by atoms with Gasteiger partial charge in [-0.15, -0.1) is 11.3 Å². The Bertz CT molecular complexity index is 976. The van der Waals surface area contributed by atoms with Crippen LogP contribution in [0.15, 0.2) is 34.2 Å². The van der Waals surface area contributed by atoms with E-state index < -0.39 is 0 Å². The van der Waals surface area contributed by atoms with Gasteiger partial charge >= 0.3 is 0 Å². The van der Waals surface area contributed by atoms with Crippen molar-refractivity contribution in [1.29, 1.82) is 0 Å². The maximum Gasteiger partial charge on any atom is 0.267 e. The van der Waals surface area contributed by atoms with Crippen LogP contribution in [0.4, 0.5) is 4.39 Å². The Kier molecular flexibility index (Phi) is 4.65. The van der Waals surface area contributed by atoms with Crippen LogP contribution in [-0.4, -0.2) is 15.3 Å². The third-order valence-electron chi connectivity index (χ3n) is 4.48. The van der Waals surface area contributed by atoms with E-state index in [0.717, 1.165) is 41.7 Å². The molecule has 4 rings (SSSR count). The first-order valence-electron chi connectivity index (χ1n) is 8.65. The molecule has 3 aromatic rings. The first-order valence-corrected chi connectivity index (χ1v) is 10.4. The largest absolute Gasteiger partial charge is 0.268 e. The van der Waals surface area contributed by atoms with Gasteiger partial charge in [-0.05, 0) is 61.9 Å². The number of hydrogen-bond acceptors (Lipinski definition) is 4. The van der Waals surface area contributed by atoms with E-state index in [4.69, 9.17) is 4.98 Å². The number of hydrogen-bond donors (Lipinski definition) is 0. The van der Waals surface area contributed by atoms with E-state index in [2.05, 4.69) is 6.92 Å². The van der Waals surface area contributed by atoms with Crippen molar-refractivity contribution in [3.63, 3.8) is 0 Å². The minimum atomic E-state index is -0.304. The Morgan fingerprint density at radius 3 is 2.76 bits per heavy atom. The number of thioether (sulfide) groups is 1. The summed E-state index contributed by atoms with van der Waals surface area (Å²) in [5, 5.41) is 1.47. The molecule has 0 amide bonds. The monoisotopic (exact) mass is 374 g/mol. The molecule has 1 aliphatic rings. The van der Waals surface area contributed by atoms with Crippen LogP contribution in [0.5, 0.6) is 0 Å². The molecule has 0 radical (unpaired) electrons. The molecule has 0 aliphatic heterocycles. The van der Waals surface area contributed by atoms with E-state index in [1.807, 2.05) is 0 Å². The fourth-order valence-corrected chi connectivity index (χ4v) is 5.46. The van der Waals surface area contributed by atoms with Crippen molar-refractivity contribution in [2.75, 3.05) is 5.75 Å². The highest BCUT2D eigenvalue weighted by Gasteiger charge is 2.22. The van der Waals surface area contributed by atoms with E-state index in [1.165, 1.54) is 29.0 Å². The predicted octanol–water partition coefficient (Wildman–Crippen LogP) is 4.97. The van der Waals surface area contributed by atoms with Crippen LogP contribution < -0.4 is 5.56 Å². The summed E-state index contributed by atoms with van der Waals surface area (Å²) in [7, 11) is 0. The summed E-state index contributed by atoms with van der Waals surface area (Å²) in [6.45, 7) is 2.11. The number of thiophene rings is 1. The summed E-state index contributed by atoms with van der Waals surface area (Å²) < 4.78 is 15.0. The second-order valence-electron chi connectivity index (χ2n) is 6.25. The van der Waals surface area contributed by atoms with Crippen molar-refractivity contribution in [3.8, 4) is 5.69 Å². The van der Waals surface area contributed by atoms with Crippen LogP contribution in [0.1, 0.15) is 36.6 Å². The van der Waals surface area contributed by atoms with Gasteiger partial charge in [-0.2, -0.15) is 0 Å². The summed E-state index contributed by atoms with van der Waals surface area (Å²) in [5.41, 5.74) is 1.84. The lowest BCUT2D eigenvalue weighted by Gasteiger charge is -2.13. The normalized spacial score (nSPS) is 14.0. The molecule has 25 heavy (non-hydrogen) atoms. The number of rotatable bonds is 4. The van der Waals surface area contributed by atoms with Gasteiger partial charge in [-0.3, -0.25) is 9.36 Å². The molecule has 0 bridgehead atoms. The number of aromatic nitrogens is 2. The minimum Gasteiger partial charge on any atom is -0.268 e. The Labute approximate surface area is 153 Å². The van der Waals surface area contributed by atoms with Crippen molar-refractivity contribution < 1.29 is 4.39 Å². The molecule has 0 atom stereocenters. The van der Waals surface area contributed by atoms with Crippen LogP contribution in [0.3, 0.4) is 0 Å². The minimum absolute atomic E-state index is 0.0189. The molecule has 2 aromatic heterocycles. The lowest BCUT2D eigenvalue weighted by molar-refractivity contribution is 0.627.